The molecule has 0 amide bonds. The quantitative estimate of drug-likeness (QED) is 0.128. The van der Waals surface area contributed by atoms with Crippen molar-refractivity contribution in [1.82, 2.24) is 0 Å². The average Bonchev–Trinajstić information content (AvgIpc) is 1.37. The standard InChI is InChI=1S/C50H32O.C42H32O.C36H28O.3CH4/c1-4-16-33(17-5-1)36-30-31-37(34-18-6-2-7-19-34)45(32-36)42-26-14-28-44-49-43(27-15-29-46(49)51-50(42)44)48-40-24-12-10-22-38(40)47(35-20-8-3-9-21-35)39-23-11-13-25-41(39)48;1-42(2,3)29-25-23-27(24-26-29)30-19-11-21-36-40-35(20-12-22-37(40)43-41(30)36)39-33-17-9-7-15-31(33)38(28-13-5-4-6-14-28)32-16-8-10-18-34(32)39;1-36(2,3)30-21-11-20-29-34-28(19-12-22-31(34)37-35(29)30)33-26-17-9-7-15-24(26)32(23-13-5-4-6-14-23)25-16-8-10-18-27(25)33;;;/h1-32H;4-26H,1-3H3;4-22H,1-3H3;3*1H4. The molecule has 3 heterocycles. The molecule has 0 unspecified atom stereocenters. The van der Waals surface area contributed by atoms with E-state index >= 15 is 0 Å². The van der Waals surface area contributed by atoms with Gasteiger partial charge in [0.05, 0.1) is 0 Å². The number of fused-ring (bicyclic) bond motifs is 15. The van der Waals surface area contributed by atoms with Crippen molar-refractivity contribution in [3.8, 4) is 111 Å². The smallest absolute Gasteiger partial charge is 0.143 e. The number of para-hydroxylation sites is 3. The van der Waals surface area contributed by atoms with Crippen LogP contribution in [-0.4, -0.2) is 0 Å². The molecule has 3 aromatic heterocycles. The van der Waals surface area contributed by atoms with Crippen molar-refractivity contribution < 1.29 is 13.3 Å². The van der Waals surface area contributed by atoms with Gasteiger partial charge in [-0.2, -0.15) is 0 Å². The predicted octanol–water partition coefficient (Wildman–Crippen LogP) is 38.9. The lowest BCUT2D eigenvalue weighted by Gasteiger charge is -2.19. The molecule has 0 bridgehead atoms. The van der Waals surface area contributed by atoms with Gasteiger partial charge in [0.2, 0.25) is 0 Å². The molecular weight excluding hydrogens is 1620 g/mol. The molecule has 0 aliphatic heterocycles. The highest BCUT2D eigenvalue weighted by atomic mass is 16.3. The minimum absolute atomic E-state index is 0. The molecule has 25 aromatic rings. The van der Waals surface area contributed by atoms with Gasteiger partial charge < -0.3 is 13.3 Å². The van der Waals surface area contributed by atoms with Gasteiger partial charge in [0.15, 0.2) is 0 Å². The zero-order valence-electron chi connectivity index (χ0n) is 73.9. The molecule has 22 aromatic carbocycles. The molecular formula is C131H104O3. The number of furan rings is 3. The zero-order chi connectivity index (χ0) is 88.0. The highest BCUT2D eigenvalue weighted by molar-refractivity contribution is 6.30. The molecule has 25 rings (SSSR count). The van der Waals surface area contributed by atoms with Gasteiger partial charge in [0.25, 0.3) is 0 Å². The van der Waals surface area contributed by atoms with Gasteiger partial charge in [-0.1, -0.05) is 488 Å². The van der Waals surface area contributed by atoms with Crippen molar-refractivity contribution in [2.45, 2.75) is 74.7 Å². The van der Waals surface area contributed by atoms with E-state index in [1.807, 2.05) is 0 Å². The van der Waals surface area contributed by atoms with Crippen molar-refractivity contribution in [2.24, 2.45) is 0 Å². The number of rotatable bonds is 10. The van der Waals surface area contributed by atoms with Crippen molar-refractivity contribution in [3.63, 3.8) is 0 Å². The average molecular weight is 1730 g/mol. The van der Waals surface area contributed by atoms with Crippen LogP contribution >= 0.6 is 0 Å². The van der Waals surface area contributed by atoms with Gasteiger partial charge in [-0.15, -0.1) is 0 Å². The summed E-state index contributed by atoms with van der Waals surface area (Å²) >= 11 is 0. The summed E-state index contributed by atoms with van der Waals surface area (Å²) in [5.74, 6) is 0. The summed E-state index contributed by atoms with van der Waals surface area (Å²) < 4.78 is 20.3. The molecule has 0 fully saturated rings. The summed E-state index contributed by atoms with van der Waals surface area (Å²) in [6.45, 7) is 13.5. The molecule has 0 spiro atoms. The van der Waals surface area contributed by atoms with E-state index in [1.54, 1.807) is 0 Å². The van der Waals surface area contributed by atoms with Gasteiger partial charge in [-0.05, 0) is 205 Å². The lowest BCUT2D eigenvalue weighted by atomic mass is 9.84. The van der Waals surface area contributed by atoms with Crippen LogP contribution in [0.3, 0.4) is 0 Å². The third-order valence-corrected chi connectivity index (χ3v) is 26.7. The summed E-state index contributed by atoms with van der Waals surface area (Å²) in [4.78, 5) is 0. The van der Waals surface area contributed by atoms with E-state index in [2.05, 4.69) is 490 Å². The normalized spacial score (nSPS) is 11.6. The second-order valence-electron chi connectivity index (χ2n) is 36.6. The van der Waals surface area contributed by atoms with Gasteiger partial charge in [-0.3, -0.25) is 0 Å². The molecule has 3 heteroatoms. The Morgan fingerprint density at radius 1 is 0.157 bits per heavy atom. The SMILES string of the molecule is C.C.C.CC(C)(C)c1ccc(-c2cccc3c2oc2cccc(-c4c5ccccc5c(-c5ccccc5)c5ccccc45)c23)cc1.CC(C)(C)c1cccc2c1oc1cccc(-c3c4ccccc4c(-c4ccccc4)c4ccccc34)c12.c1ccc(-c2ccc(-c3ccccc3)c(-c3cccc4c3oc3cccc(-c5c6ccccc6c(-c6ccccc6)c6ccccc56)c34)c2)cc1. The summed E-state index contributed by atoms with van der Waals surface area (Å²) in [7, 11) is 0. The second-order valence-corrected chi connectivity index (χ2v) is 36.6. The molecule has 0 saturated carbocycles. The van der Waals surface area contributed by atoms with Crippen molar-refractivity contribution in [2.75, 3.05) is 0 Å². The Balaban J connectivity index is 0.000000125. The van der Waals surface area contributed by atoms with E-state index in [1.165, 1.54) is 181 Å². The number of hydrogen-bond acceptors (Lipinski definition) is 3. The first-order valence-electron chi connectivity index (χ1n) is 45.5. The van der Waals surface area contributed by atoms with E-state index in [4.69, 9.17) is 13.3 Å². The lowest BCUT2D eigenvalue weighted by Crippen LogP contribution is -2.10. The van der Waals surface area contributed by atoms with E-state index in [-0.39, 0.29) is 33.1 Å². The van der Waals surface area contributed by atoms with Crippen LogP contribution in [0.2, 0.25) is 0 Å². The van der Waals surface area contributed by atoms with E-state index in [9.17, 15) is 0 Å². The largest absolute Gasteiger partial charge is 0.456 e. The molecule has 646 valence electrons. The Morgan fingerprint density at radius 3 is 0.754 bits per heavy atom. The summed E-state index contributed by atoms with van der Waals surface area (Å²) in [5, 5.41) is 21.9. The van der Waals surface area contributed by atoms with Crippen molar-refractivity contribution in [3.05, 3.63) is 460 Å². The van der Waals surface area contributed by atoms with Gasteiger partial charge in [-0.25, -0.2) is 0 Å². The van der Waals surface area contributed by atoms with Crippen LogP contribution in [-0.2, 0) is 10.8 Å². The van der Waals surface area contributed by atoms with Gasteiger partial charge in [0, 0.05) is 49.0 Å². The Bertz CT molecular complexity index is 8570. The molecule has 3 nitrogen and oxygen atoms in total. The Labute approximate surface area is 784 Å². The maximum atomic E-state index is 6.95. The van der Waals surface area contributed by atoms with E-state index in [0.717, 1.165) is 71.7 Å². The zero-order valence-corrected chi connectivity index (χ0v) is 73.9. The Kier molecular flexibility index (Phi) is 22.6. The monoisotopic (exact) mass is 1720 g/mol. The van der Waals surface area contributed by atoms with Crippen LogP contribution in [0.25, 0.3) is 242 Å². The third kappa shape index (κ3) is 14.8. The lowest BCUT2D eigenvalue weighted by molar-refractivity contribution is 0.573. The summed E-state index contributed by atoms with van der Waals surface area (Å²) in [5.41, 5.74) is 32.3. The topological polar surface area (TPSA) is 39.4 Å². The Hall–Kier alpha value is -16.2. The van der Waals surface area contributed by atoms with Crippen LogP contribution in [0.4, 0.5) is 0 Å². The van der Waals surface area contributed by atoms with Gasteiger partial charge in [0.1, 0.15) is 33.5 Å². The van der Waals surface area contributed by atoms with Crippen LogP contribution in [0, 0.1) is 0 Å². The van der Waals surface area contributed by atoms with Crippen LogP contribution in [0.1, 0.15) is 74.9 Å². The van der Waals surface area contributed by atoms with E-state index < -0.39 is 0 Å². The minimum atomic E-state index is -0.00965. The predicted molar refractivity (Wildman–Crippen MR) is 578 cm³/mol. The molecule has 0 saturated heterocycles. The highest BCUT2D eigenvalue weighted by Crippen LogP contribution is 2.54. The maximum absolute atomic E-state index is 6.95. The molecule has 0 N–H and O–H groups in total. The Morgan fingerprint density at radius 2 is 0.410 bits per heavy atom. The maximum Gasteiger partial charge on any atom is 0.143 e. The van der Waals surface area contributed by atoms with E-state index in [0.29, 0.717) is 0 Å². The molecule has 0 atom stereocenters. The second kappa shape index (κ2) is 35.2. The first-order valence-corrected chi connectivity index (χ1v) is 45.5. The fourth-order valence-electron chi connectivity index (χ4n) is 20.8. The van der Waals surface area contributed by atoms with Gasteiger partial charge >= 0.3 is 0 Å². The fourth-order valence-corrected chi connectivity index (χ4v) is 20.8. The highest BCUT2D eigenvalue weighted by Gasteiger charge is 2.29. The minimum Gasteiger partial charge on any atom is -0.456 e. The molecule has 0 radical (unpaired) electrons. The molecule has 134 heavy (non-hydrogen) atoms. The number of benzene rings is 22. The third-order valence-electron chi connectivity index (χ3n) is 26.7. The fraction of sp³-hybridized carbons (Fsp3) is 0.0840. The first kappa shape index (κ1) is 85.9. The van der Waals surface area contributed by atoms with Crippen LogP contribution in [0.15, 0.2) is 462 Å². The van der Waals surface area contributed by atoms with Crippen molar-refractivity contribution >= 4 is 130 Å². The molecule has 0 aliphatic rings. The van der Waals surface area contributed by atoms with Crippen LogP contribution < -0.4 is 0 Å². The molecule has 0 aliphatic carbocycles. The summed E-state index contributed by atoms with van der Waals surface area (Å²) in [6.07, 6.45) is 0. The summed E-state index contributed by atoms with van der Waals surface area (Å²) in [6, 6.07) is 162. The number of hydrogen-bond donors (Lipinski definition) is 0. The van der Waals surface area contributed by atoms with Crippen LogP contribution in [0.5, 0.6) is 0 Å². The first-order chi connectivity index (χ1) is 64.3. The van der Waals surface area contributed by atoms with Crippen molar-refractivity contribution in [1.29, 1.82) is 0 Å².